The molecule has 0 unspecified atom stereocenters. The monoisotopic (exact) mass is 297 g/mol. The van der Waals surface area contributed by atoms with Gasteiger partial charge in [0.25, 0.3) is 0 Å². The SMILES string of the molecule is COc1cccc(NCc2cccc(OC3CCCC3)c2)c1. The number of hydrogen-bond donors (Lipinski definition) is 1. The highest BCUT2D eigenvalue weighted by atomic mass is 16.5. The lowest BCUT2D eigenvalue weighted by atomic mass is 10.2. The summed E-state index contributed by atoms with van der Waals surface area (Å²) in [5.74, 6) is 1.85. The lowest BCUT2D eigenvalue weighted by molar-refractivity contribution is 0.210. The Kier molecular flexibility index (Phi) is 4.84. The third kappa shape index (κ3) is 3.94. The summed E-state index contributed by atoms with van der Waals surface area (Å²) in [7, 11) is 1.68. The van der Waals surface area contributed by atoms with E-state index in [9.17, 15) is 0 Å². The van der Waals surface area contributed by atoms with E-state index in [1.165, 1.54) is 31.2 Å². The normalized spacial score (nSPS) is 14.8. The highest BCUT2D eigenvalue weighted by Crippen LogP contribution is 2.25. The van der Waals surface area contributed by atoms with Crippen LogP contribution in [0.25, 0.3) is 0 Å². The summed E-state index contributed by atoms with van der Waals surface area (Å²) in [6.45, 7) is 0.773. The van der Waals surface area contributed by atoms with Crippen molar-refractivity contribution in [2.45, 2.75) is 38.3 Å². The van der Waals surface area contributed by atoms with Crippen LogP contribution in [0.5, 0.6) is 11.5 Å². The van der Waals surface area contributed by atoms with Gasteiger partial charge in [-0.15, -0.1) is 0 Å². The van der Waals surface area contributed by atoms with Crippen molar-refractivity contribution >= 4 is 5.69 Å². The Morgan fingerprint density at radius 1 is 1.00 bits per heavy atom. The zero-order valence-corrected chi connectivity index (χ0v) is 13.0. The molecule has 3 rings (SSSR count). The topological polar surface area (TPSA) is 30.5 Å². The van der Waals surface area contributed by atoms with Gasteiger partial charge >= 0.3 is 0 Å². The van der Waals surface area contributed by atoms with Crippen LogP contribution in [-0.4, -0.2) is 13.2 Å². The van der Waals surface area contributed by atoms with Gasteiger partial charge in [0.15, 0.2) is 0 Å². The number of methoxy groups -OCH3 is 1. The Bertz CT molecular complexity index is 606. The third-order valence-corrected chi connectivity index (χ3v) is 4.07. The molecule has 116 valence electrons. The summed E-state index contributed by atoms with van der Waals surface area (Å²) in [5.41, 5.74) is 2.28. The number of nitrogens with one attached hydrogen (secondary N) is 1. The second-order valence-corrected chi connectivity index (χ2v) is 5.76. The number of ether oxygens (including phenoxy) is 2. The Balaban J connectivity index is 1.59. The van der Waals surface area contributed by atoms with Crippen LogP contribution in [0.3, 0.4) is 0 Å². The van der Waals surface area contributed by atoms with Gasteiger partial charge in [0.1, 0.15) is 11.5 Å². The lowest BCUT2D eigenvalue weighted by Gasteiger charge is -2.14. The average molecular weight is 297 g/mol. The molecular formula is C19H23NO2. The van der Waals surface area contributed by atoms with E-state index in [-0.39, 0.29) is 0 Å². The van der Waals surface area contributed by atoms with E-state index in [0.29, 0.717) is 6.10 Å². The molecule has 2 aromatic carbocycles. The van der Waals surface area contributed by atoms with Crippen LogP contribution in [0.4, 0.5) is 5.69 Å². The van der Waals surface area contributed by atoms with Crippen molar-refractivity contribution in [2.75, 3.05) is 12.4 Å². The quantitative estimate of drug-likeness (QED) is 0.843. The maximum absolute atomic E-state index is 6.06. The summed E-state index contributed by atoms with van der Waals surface area (Å²) in [4.78, 5) is 0. The standard InChI is InChI=1S/C19H23NO2/c1-21-18-10-5-7-16(13-18)20-14-15-6-4-11-19(12-15)22-17-8-2-3-9-17/h4-7,10-13,17,20H,2-3,8-9,14H2,1H3. The molecule has 0 heterocycles. The van der Waals surface area contributed by atoms with Crippen LogP contribution in [0.2, 0.25) is 0 Å². The van der Waals surface area contributed by atoms with Crippen LogP contribution in [0, 0.1) is 0 Å². The van der Waals surface area contributed by atoms with Crippen molar-refractivity contribution in [3.8, 4) is 11.5 Å². The summed E-state index contributed by atoms with van der Waals surface area (Å²) in [5, 5.41) is 3.42. The first-order valence-corrected chi connectivity index (χ1v) is 7.97. The molecule has 3 nitrogen and oxygen atoms in total. The van der Waals surface area contributed by atoms with Gasteiger partial charge in [0.05, 0.1) is 13.2 Å². The zero-order valence-electron chi connectivity index (χ0n) is 13.0. The molecule has 22 heavy (non-hydrogen) atoms. The van der Waals surface area contributed by atoms with Crippen LogP contribution in [0.1, 0.15) is 31.2 Å². The molecule has 0 radical (unpaired) electrons. The Hall–Kier alpha value is -2.16. The Morgan fingerprint density at radius 2 is 1.77 bits per heavy atom. The van der Waals surface area contributed by atoms with Gasteiger partial charge in [-0.1, -0.05) is 18.2 Å². The second kappa shape index (κ2) is 7.21. The van der Waals surface area contributed by atoms with Gasteiger partial charge in [-0.05, 0) is 55.5 Å². The van der Waals surface area contributed by atoms with Gasteiger partial charge in [0.2, 0.25) is 0 Å². The van der Waals surface area contributed by atoms with E-state index < -0.39 is 0 Å². The molecule has 1 saturated carbocycles. The van der Waals surface area contributed by atoms with E-state index in [1.807, 2.05) is 30.3 Å². The summed E-state index contributed by atoms with van der Waals surface area (Å²) in [6, 6.07) is 16.3. The molecule has 2 aromatic rings. The highest BCUT2D eigenvalue weighted by molar-refractivity contribution is 5.48. The average Bonchev–Trinajstić information content (AvgIpc) is 3.06. The third-order valence-electron chi connectivity index (χ3n) is 4.07. The molecule has 0 spiro atoms. The molecule has 1 aliphatic carbocycles. The van der Waals surface area contributed by atoms with Crippen molar-refractivity contribution in [1.82, 2.24) is 0 Å². The number of benzene rings is 2. The summed E-state index contributed by atoms with van der Waals surface area (Å²) < 4.78 is 11.3. The van der Waals surface area contributed by atoms with Crippen LogP contribution in [0.15, 0.2) is 48.5 Å². The molecule has 0 atom stereocenters. The van der Waals surface area contributed by atoms with Gasteiger partial charge in [-0.2, -0.15) is 0 Å². The Labute approximate surface area is 132 Å². The predicted octanol–water partition coefficient (Wildman–Crippen LogP) is 4.63. The summed E-state index contributed by atoms with van der Waals surface area (Å²) in [6.07, 6.45) is 5.36. The number of anilines is 1. The minimum absolute atomic E-state index is 0.404. The van der Waals surface area contributed by atoms with Crippen molar-refractivity contribution in [3.63, 3.8) is 0 Å². The van der Waals surface area contributed by atoms with Crippen molar-refractivity contribution < 1.29 is 9.47 Å². The minimum Gasteiger partial charge on any atom is -0.497 e. The fraction of sp³-hybridized carbons (Fsp3) is 0.368. The molecule has 1 fully saturated rings. The molecule has 0 saturated heterocycles. The Morgan fingerprint density at radius 3 is 2.59 bits per heavy atom. The molecule has 0 aromatic heterocycles. The molecule has 1 N–H and O–H groups in total. The lowest BCUT2D eigenvalue weighted by Crippen LogP contribution is -2.11. The van der Waals surface area contributed by atoms with Gasteiger partial charge in [-0.25, -0.2) is 0 Å². The van der Waals surface area contributed by atoms with Crippen molar-refractivity contribution in [3.05, 3.63) is 54.1 Å². The first-order valence-electron chi connectivity index (χ1n) is 7.97. The van der Waals surface area contributed by atoms with E-state index in [1.54, 1.807) is 7.11 Å². The van der Waals surface area contributed by atoms with E-state index >= 15 is 0 Å². The van der Waals surface area contributed by atoms with Crippen LogP contribution < -0.4 is 14.8 Å². The molecule has 1 aliphatic rings. The maximum atomic E-state index is 6.06. The zero-order chi connectivity index (χ0) is 15.2. The van der Waals surface area contributed by atoms with Gasteiger partial charge in [-0.3, -0.25) is 0 Å². The molecule has 0 aliphatic heterocycles. The van der Waals surface area contributed by atoms with E-state index in [0.717, 1.165) is 23.7 Å². The van der Waals surface area contributed by atoms with Crippen molar-refractivity contribution in [1.29, 1.82) is 0 Å². The van der Waals surface area contributed by atoms with Gasteiger partial charge < -0.3 is 14.8 Å². The van der Waals surface area contributed by atoms with Crippen LogP contribution in [-0.2, 0) is 6.54 Å². The molecule has 0 amide bonds. The smallest absolute Gasteiger partial charge is 0.120 e. The van der Waals surface area contributed by atoms with Crippen molar-refractivity contribution in [2.24, 2.45) is 0 Å². The van der Waals surface area contributed by atoms with E-state index in [4.69, 9.17) is 9.47 Å². The largest absolute Gasteiger partial charge is 0.497 e. The molecular weight excluding hydrogens is 274 g/mol. The minimum atomic E-state index is 0.404. The van der Waals surface area contributed by atoms with Gasteiger partial charge in [0, 0.05) is 18.3 Å². The molecule has 3 heteroatoms. The van der Waals surface area contributed by atoms with E-state index in [2.05, 4.69) is 23.5 Å². The first kappa shape index (κ1) is 14.8. The predicted molar refractivity (Wildman–Crippen MR) is 89.6 cm³/mol. The first-order chi connectivity index (χ1) is 10.8. The molecule has 0 bridgehead atoms. The van der Waals surface area contributed by atoms with Crippen LogP contribution >= 0.6 is 0 Å². The summed E-state index contributed by atoms with van der Waals surface area (Å²) >= 11 is 0. The number of hydrogen-bond acceptors (Lipinski definition) is 3. The fourth-order valence-electron chi connectivity index (χ4n) is 2.86. The maximum Gasteiger partial charge on any atom is 0.120 e. The highest BCUT2D eigenvalue weighted by Gasteiger charge is 2.16. The fourth-order valence-corrected chi connectivity index (χ4v) is 2.86. The number of rotatable bonds is 6. The second-order valence-electron chi connectivity index (χ2n) is 5.76.